The highest BCUT2D eigenvalue weighted by atomic mass is 32.2. The molecular formula is C22H28N4O4S2. The molecule has 2 heterocycles. The summed E-state index contributed by atoms with van der Waals surface area (Å²) in [5.74, 6) is -0.0743. The van der Waals surface area contributed by atoms with Gasteiger partial charge in [-0.25, -0.2) is 13.1 Å². The van der Waals surface area contributed by atoms with E-state index in [4.69, 9.17) is 0 Å². The molecule has 4 rings (SSSR count). The Hall–Kier alpha value is -2.27. The van der Waals surface area contributed by atoms with Gasteiger partial charge in [0.05, 0.1) is 11.4 Å². The van der Waals surface area contributed by atoms with Crippen molar-refractivity contribution in [3.8, 4) is 0 Å². The van der Waals surface area contributed by atoms with E-state index in [9.17, 15) is 18.0 Å². The van der Waals surface area contributed by atoms with Crippen LogP contribution in [0.4, 0.5) is 0 Å². The lowest BCUT2D eigenvalue weighted by Gasteiger charge is -2.34. The Kier molecular flexibility index (Phi) is 7.24. The van der Waals surface area contributed by atoms with Crippen LogP contribution in [0.1, 0.15) is 28.1 Å². The summed E-state index contributed by atoms with van der Waals surface area (Å²) >= 11 is 1.60. The lowest BCUT2D eigenvalue weighted by molar-refractivity contribution is -0.122. The second-order valence-electron chi connectivity index (χ2n) is 8.16. The normalized spacial score (nSPS) is 17.3. The van der Waals surface area contributed by atoms with Crippen molar-refractivity contribution in [1.82, 2.24) is 19.8 Å². The van der Waals surface area contributed by atoms with Gasteiger partial charge in [-0.3, -0.25) is 14.5 Å². The fourth-order valence-electron chi connectivity index (χ4n) is 3.62. The quantitative estimate of drug-likeness (QED) is 0.569. The molecule has 1 aliphatic heterocycles. The first-order valence-electron chi connectivity index (χ1n) is 10.8. The molecule has 2 amide bonds. The maximum absolute atomic E-state index is 12.8. The minimum absolute atomic E-state index is 0.0491. The average Bonchev–Trinajstić information content (AvgIpc) is 3.44. The van der Waals surface area contributed by atoms with Crippen LogP contribution in [-0.2, 0) is 21.2 Å². The van der Waals surface area contributed by atoms with E-state index in [0.29, 0.717) is 57.3 Å². The zero-order valence-electron chi connectivity index (χ0n) is 17.8. The molecular weight excluding hydrogens is 448 g/mol. The van der Waals surface area contributed by atoms with Gasteiger partial charge in [-0.15, -0.1) is 11.3 Å². The first-order chi connectivity index (χ1) is 15.4. The first kappa shape index (κ1) is 22.9. The van der Waals surface area contributed by atoms with E-state index >= 15 is 0 Å². The second kappa shape index (κ2) is 10.1. The molecule has 1 saturated heterocycles. The van der Waals surface area contributed by atoms with Gasteiger partial charge in [0.2, 0.25) is 15.9 Å². The van der Waals surface area contributed by atoms with Gasteiger partial charge in [0, 0.05) is 49.2 Å². The zero-order valence-corrected chi connectivity index (χ0v) is 19.5. The van der Waals surface area contributed by atoms with Gasteiger partial charge in [-0.05, 0) is 55.0 Å². The molecule has 1 aromatic heterocycles. The Balaban J connectivity index is 1.26. The van der Waals surface area contributed by atoms with Gasteiger partial charge in [-0.1, -0.05) is 6.07 Å². The molecule has 0 radical (unpaired) electrons. The van der Waals surface area contributed by atoms with Crippen LogP contribution in [0.5, 0.6) is 0 Å². The molecule has 1 saturated carbocycles. The van der Waals surface area contributed by atoms with Gasteiger partial charge < -0.3 is 10.2 Å². The Morgan fingerprint density at radius 2 is 1.75 bits per heavy atom. The van der Waals surface area contributed by atoms with E-state index in [-0.39, 0.29) is 16.7 Å². The second-order valence-corrected chi connectivity index (χ2v) is 11.0. The molecule has 2 aliphatic rings. The van der Waals surface area contributed by atoms with Gasteiger partial charge in [-0.2, -0.15) is 0 Å². The number of hydrogen-bond donors (Lipinski definition) is 2. The van der Waals surface area contributed by atoms with Crippen molar-refractivity contribution in [2.45, 2.75) is 30.2 Å². The van der Waals surface area contributed by atoms with Crippen molar-refractivity contribution >= 4 is 33.2 Å². The number of benzene rings is 1. The summed E-state index contributed by atoms with van der Waals surface area (Å²) < 4.78 is 27.6. The van der Waals surface area contributed by atoms with Crippen molar-refractivity contribution in [1.29, 1.82) is 0 Å². The van der Waals surface area contributed by atoms with E-state index in [1.54, 1.807) is 28.4 Å². The van der Waals surface area contributed by atoms with E-state index < -0.39 is 10.0 Å². The highest BCUT2D eigenvalue weighted by Gasteiger charge is 2.27. The Morgan fingerprint density at radius 1 is 1.03 bits per heavy atom. The first-order valence-corrected chi connectivity index (χ1v) is 13.2. The summed E-state index contributed by atoms with van der Waals surface area (Å²) in [7, 11) is -3.62. The summed E-state index contributed by atoms with van der Waals surface area (Å²) in [5.41, 5.74) is 0.461. The van der Waals surface area contributed by atoms with Crippen molar-refractivity contribution in [3.63, 3.8) is 0 Å². The summed E-state index contributed by atoms with van der Waals surface area (Å²) in [5, 5.41) is 4.95. The SMILES string of the molecule is O=C(CN1CCN(C(=O)c2ccc(S(=O)(=O)NCCc3cccs3)cc2)CC1)NC1CC1. The summed E-state index contributed by atoms with van der Waals surface area (Å²) in [6, 6.07) is 10.3. The lowest BCUT2D eigenvalue weighted by atomic mass is 10.2. The molecule has 8 nitrogen and oxygen atoms in total. The van der Waals surface area contributed by atoms with Crippen LogP contribution in [0.25, 0.3) is 0 Å². The number of piperazine rings is 1. The highest BCUT2D eigenvalue weighted by Crippen LogP contribution is 2.18. The standard InChI is InChI=1S/C22H28N4O4S2/c27-21(24-18-5-6-18)16-25-11-13-26(14-12-25)22(28)17-3-7-20(8-4-17)32(29,30)23-10-9-19-2-1-15-31-19/h1-4,7-8,15,18,23H,5-6,9-14,16H2,(H,24,27). The molecule has 172 valence electrons. The topological polar surface area (TPSA) is 98.8 Å². The molecule has 10 heteroatoms. The number of carbonyl (C=O) groups is 2. The van der Waals surface area contributed by atoms with E-state index in [0.717, 1.165) is 17.7 Å². The third kappa shape index (κ3) is 6.16. The lowest BCUT2D eigenvalue weighted by Crippen LogP contribution is -2.51. The molecule has 32 heavy (non-hydrogen) atoms. The number of carbonyl (C=O) groups excluding carboxylic acids is 2. The van der Waals surface area contributed by atoms with Gasteiger partial charge in [0.25, 0.3) is 5.91 Å². The van der Waals surface area contributed by atoms with Gasteiger partial charge >= 0.3 is 0 Å². The van der Waals surface area contributed by atoms with Crippen LogP contribution in [0.3, 0.4) is 0 Å². The van der Waals surface area contributed by atoms with E-state index in [1.165, 1.54) is 12.1 Å². The van der Waals surface area contributed by atoms with Crippen molar-refractivity contribution in [2.75, 3.05) is 39.3 Å². The highest BCUT2D eigenvalue weighted by molar-refractivity contribution is 7.89. The predicted octanol–water partition coefficient (Wildman–Crippen LogP) is 1.31. The number of rotatable bonds is 9. The smallest absolute Gasteiger partial charge is 0.253 e. The number of hydrogen-bond acceptors (Lipinski definition) is 6. The van der Waals surface area contributed by atoms with Crippen LogP contribution in [-0.4, -0.2) is 75.3 Å². The molecule has 0 spiro atoms. The van der Waals surface area contributed by atoms with Crippen molar-refractivity contribution in [3.05, 3.63) is 52.2 Å². The number of sulfonamides is 1. The van der Waals surface area contributed by atoms with E-state index in [2.05, 4.69) is 14.9 Å². The molecule has 0 bridgehead atoms. The monoisotopic (exact) mass is 476 g/mol. The molecule has 2 N–H and O–H groups in total. The predicted molar refractivity (Wildman–Crippen MR) is 123 cm³/mol. The van der Waals surface area contributed by atoms with Crippen LogP contribution in [0.2, 0.25) is 0 Å². The summed E-state index contributed by atoms with van der Waals surface area (Å²) in [6.07, 6.45) is 2.78. The minimum Gasteiger partial charge on any atom is -0.352 e. The average molecular weight is 477 g/mol. The summed E-state index contributed by atoms with van der Waals surface area (Å²) in [6.45, 7) is 3.06. The maximum atomic E-state index is 12.8. The van der Waals surface area contributed by atoms with Crippen LogP contribution >= 0.6 is 11.3 Å². The number of thiophene rings is 1. The molecule has 1 aromatic carbocycles. The molecule has 1 aliphatic carbocycles. The third-order valence-corrected chi connectivity index (χ3v) is 8.04. The van der Waals surface area contributed by atoms with Gasteiger partial charge in [0.15, 0.2) is 0 Å². The van der Waals surface area contributed by atoms with E-state index in [1.807, 2.05) is 17.5 Å². The largest absolute Gasteiger partial charge is 0.352 e. The fourth-order valence-corrected chi connectivity index (χ4v) is 5.36. The van der Waals surface area contributed by atoms with Crippen LogP contribution < -0.4 is 10.0 Å². The summed E-state index contributed by atoms with van der Waals surface area (Å²) in [4.78, 5) is 29.8. The zero-order chi connectivity index (χ0) is 22.6. The Morgan fingerprint density at radius 3 is 2.38 bits per heavy atom. The van der Waals surface area contributed by atoms with Crippen molar-refractivity contribution in [2.24, 2.45) is 0 Å². The number of nitrogens with zero attached hydrogens (tertiary/aromatic N) is 2. The van der Waals surface area contributed by atoms with Crippen LogP contribution in [0, 0.1) is 0 Å². The third-order valence-electron chi connectivity index (χ3n) is 5.62. The Labute approximate surface area is 192 Å². The fraction of sp³-hybridized carbons (Fsp3) is 0.455. The van der Waals surface area contributed by atoms with Crippen molar-refractivity contribution < 1.29 is 18.0 Å². The molecule has 0 atom stereocenters. The van der Waals surface area contributed by atoms with Crippen LogP contribution in [0.15, 0.2) is 46.7 Å². The minimum atomic E-state index is -3.62. The molecule has 2 fully saturated rings. The maximum Gasteiger partial charge on any atom is 0.253 e. The Bertz CT molecular complexity index is 1030. The molecule has 0 unspecified atom stereocenters. The molecule has 2 aromatic rings. The van der Waals surface area contributed by atoms with Gasteiger partial charge in [0.1, 0.15) is 0 Å². The number of amides is 2. The number of nitrogens with one attached hydrogen (secondary N) is 2.